The number of nitro groups is 1. The summed E-state index contributed by atoms with van der Waals surface area (Å²) in [5, 5.41) is 11.2. The largest absolute Gasteiger partial charge is 0.341 e. The van der Waals surface area contributed by atoms with E-state index in [2.05, 4.69) is 11.8 Å². The van der Waals surface area contributed by atoms with Gasteiger partial charge in [0.1, 0.15) is 12.1 Å². The van der Waals surface area contributed by atoms with Crippen LogP contribution in [0.1, 0.15) is 43.0 Å². The standard InChI is InChI=1S/C28H33N5O5/c1-21-10-14-29(15-11-21)25(34)19-31-20-32(23-7-3-2-4-8-23)28(27(31)36)12-16-30(17-13-28)26(35)22-6-5-9-24(18-22)33(37)38/h2-9,18,21H,10-17,19-20H2,1H3. The van der Waals surface area contributed by atoms with Gasteiger partial charge in [-0.2, -0.15) is 0 Å². The van der Waals surface area contributed by atoms with Crippen LogP contribution >= 0.6 is 0 Å². The maximum atomic E-state index is 13.9. The molecule has 0 N–H and O–H groups in total. The number of rotatable bonds is 5. The van der Waals surface area contributed by atoms with Crippen LogP contribution < -0.4 is 4.90 Å². The van der Waals surface area contributed by atoms with Gasteiger partial charge in [-0.3, -0.25) is 24.5 Å². The van der Waals surface area contributed by atoms with Crippen molar-refractivity contribution in [3.05, 3.63) is 70.3 Å². The molecule has 0 atom stereocenters. The molecule has 3 aliphatic heterocycles. The summed E-state index contributed by atoms with van der Waals surface area (Å²) in [5.74, 6) is 0.224. The van der Waals surface area contributed by atoms with Gasteiger partial charge >= 0.3 is 0 Å². The highest BCUT2D eigenvalue weighted by molar-refractivity contribution is 5.98. The SMILES string of the molecule is CC1CCN(C(=O)CN2CN(c3ccccc3)C3(CCN(C(=O)c4cccc([N+](=O)[O-])c4)CC3)C2=O)CC1. The van der Waals surface area contributed by atoms with Crippen molar-refractivity contribution in [1.82, 2.24) is 14.7 Å². The summed E-state index contributed by atoms with van der Waals surface area (Å²) in [7, 11) is 0. The molecule has 10 heteroatoms. The molecule has 3 saturated heterocycles. The normalized spacial score (nSPS) is 19.8. The molecule has 3 fully saturated rings. The van der Waals surface area contributed by atoms with Gasteiger partial charge in [0.2, 0.25) is 5.91 Å². The van der Waals surface area contributed by atoms with Crippen molar-refractivity contribution in [1.29, 1.82) is 0 Å². The van der Waals surface area contributed by atoms with Gasteiger partial charge in [0.05, 0.1) is 11.6 Å². The fourth-order valence-electron chi connectivity index (χ4n) is 5.86. The zero-order valence-corrected chi connectivity index (χ0v) is 21.6. The Hall–Kier alpha value is -3.95. The summed E-state index contributed by atoms with van der Waals surface area (Å²) < 4.78 is 0. The van der Waals surface area contributed by atoms with Crippen LogP contribution in [0.25, 0.3) is 0 Å². The van der Waals surface area contributed by atoms with E-state index in [1.54, 1.807) is 15.9 Å². The van der Waals surface area contributed by atoms with Crippen molar-refractivity contribution in [2.45, 2.75) is 38.1 Å². The third-order valence-electron chi connectivity index (χ3n) is 8.23. The van der Waals surface area contributed by atoms with Crippen LogP contribution in [0.3, 0.4) is 0 Å². The van der Waals surface area contributed by atoms with Gasteiger partial charge < -0.3 is 19.6 Å². The van der Waals surface area contributed by atoms with E-state index in [1.807, 2.05) is 35.2 Å². The van der Waals surface area contributed by atoms with Gasteiger partial charge in [0, 0.05) is 49.6 Å². The number of nitro benzene ring substituents is 1. The number of hydrogen-bond acceptors (Lipinski definition) is 6. The van der Waals surface area contributed by atoms with Gasteiger partial charge in [0.25, 0.3) is 17.5 Å². The number of amides is 3. The molecular formula is C28H33N5O5. The van der Waals surface area contributed by atoms with Crippen molar-refractivity contribution in [3.63, 3.8) is 0 Å². The van der Waals surface area contributed by atoms with Crippen LogP contribution in [0.5, 0.6) is 0 Å². The Bertz CT molecular complexity index is 1220. The first-order valence-corrected chi connectivity index (χ1v) is 13.2. The molecule has 38 heavy (non-hydrogen) atoms. The van der Waals surface area contributed by atoms with Gasteiger partial charge in [-0.1, -0.05) is 31.2 Å². The van der Waals surface area contributed by atoms with E-state index in [-0.39, 0.29) is 35.5 Å². The second-order valence-electron chi connectivity index (χ2n) is 10.6. The van der Waals surface area contributed by atoms with Crippen molar-refractivity contribution in [3.8, 4) is 0 Å². The molecule has 10 nitrogen and oxygen atoms in total. The number of carbonyl (C=O) groups excluding carboxylic acids is 3. The predicted molar refractivity (Wildman–Crippen MR) is 141 cm³/mol. The Kier molecular flexibility index (Phi) is 7.05. The number of non-ortho nitro benzene ring substituents is 1. The third-order valence-corrected chi connectivity index (χ3v) is 8.23. The van der Waals surface area contributed by atoms with E-state index in [9.17, 15) is 24.5 Å². The predicted octanol–water partition coefficient (Wildman–Crippen LogP) is 3.13. The lowest BCUT2D eigenvalue weighted by Gasteiger charge is -2.43. The molecule has 200 valence electrons. The highest BCUT2D eigenvalue weighted by atomic mass is 16.6. The maximum absolute atomic E-state index is 13.9. The van der Waals surface area contributed by atoms with E-state index in [4.69, 9.17) is 0 Å². The molecule has 3 aliphatic rings. The van der Waals surface area contributed by atoms with Crippen molar-refractivity contribution >= 4 is 29.1 Å². The summed E-state index contributed by atoms with van der Waals surface area (Å²) in [6, 6.07) is 15.4. The van der Waals surface area contributed by atoms with Crippen molar-refractivity contribution in [2.75, 3.05) is 44.3 Å². The van der Waals surface area contributed by atoms with E-state index >= 15 is 0 Å². The minimum Gasteiger partial charge on any atom is -0.341 e. The molecule has 0 unspecified atom stereocenters. The molecular weight excluding hydrogens is 486 g/mol. The minimum absolute atomic E-state index is 0.0198. The zero-order valence-electron chi connectivity index (χ0n) is 21.6. The summed E-state index contributed by atoms with van der Waals surface area (Å²) >= 11 is 0. The van der Waals surface area contributed by atoms with Crippen LogP contribution in [0.15, 0.2) is 54.6 Å². The second-order valence-corrected chi connectivity index (χ2v) is 10.6. The van der Waals surface area contributed by atoms with Crippen LogP contribution in [0.2, 0.25) is 0 Å². The molecule has 1 spiro atoms. The average Bonchev–Trinajstić information content (AvgIpc) is 3.20. The lowest BCUT2D eigenvalue weighted by atomic mass is 9.85. The average molecular weight is 520 g/mol. The highest BCUT2D eigenvalue weighted by Crippen LogP contribution is 2.40. The van der Waals surface area contributed by atoms with Crippen molar-refractivity contribution < 1.29 is 19.3 Å². The lowest BCUT2D eigenvalue weighted by Crippen LogP contribution is -2.57. The van der Waals surface area contributed by atoms with Gasteiger partial charge in [-0.25, -0.2) is 0 Å². The van der Waals surface area contributed by atoms with E-state index < -0.39 is 10.5 Å². The first kappa shape index (κ1) is 25.7. The van der Waals surface area contributed by atoms with Crippen LogP contribution in [-0.4, -0.2) is 82.3 Å². The summed E-state index contributed by atoms with van der Waals surface area (Å²) in [6.45, 7) is 4.69. The first-order valence-electron chi connectivity index (χ1n) is 13.2. The number of carbonyl (C=O) groups is 3. The highest BCUT2D eigenvalue weighted by Gasteiger charge is 2.54. The topological polar surface area (TPSA) is 107 Å². The number of hydrogen-bond donors (Lipinski definition) is 0. The fraction of sp³-hybridized carbons (Fsp3) is 0.464. The molecule has 0 aromatic heterocycles. The number of para-hydroxylation sites is 1. The first-order chi connectivity index (χ1) is 18.3. The molecule has 0 radical (unpaired) electrons. The summed E-state index contributed by atoms with van der Waals surface area (Å²) in [6.07, 6.45) is 2.78. The van der Waals surface area contributed by atoms with E-state index in [0.29, 0.717) is 38.5 Å². The fourth-order valence-corrected chi connectivity index (χ4v) is 5.86. The third kappa shape index (κ3) is 4.82. The van der Waals surface area contributed by atoms with Gasteiger partial charge in [-0.15, -0.1) is 0 Å². The van der Waals surface area contributed by atoms with Crippen molar-refractivity contribution in [2.24, 2.45) is 5.92 Å². The smallest absolute Gasteiger partial charge is 0.270 e. The number of benzene rings is 2. The molecule has 3 amide bonds. The second kappa shape index (κ2) is 10.4. The Morgan fingerprint density at radius 1 is 0.974 bits per heavy atom. The maximum Gasteiger partial charge on any atom is 0.270 e. The van der Waals surface area contributed by atoms with Crippen LogP contribution in [0, 0.1) is 16.0 Å². The Balaban J connectivity index is 1.33. The quantitative estimate of drug-likeness (QED) is 0.444. The summed E-state index contributed by atoms with van der Waals surface area (Å²) in [4.78, 5) is 58.1. The molecule has 2 aromatic carbocycles. The number of anilines is 1. The number of nitrogens with zero attached hydrogens (tertiary/aromatic N) is 5. The zero-order chi connectivity index (χ0) is 26.9. The van der Waals surface area contributed by atoms with Crippen LogP contribution in [-0.2, 0) is 9.59 Å². The summed E-state index contributed by atoms with van der Waals surface area (Å²) in [5.41, 5.74) is 0.184. The van der Waals surface area contributed by atoms with Crippen LogP contribution in [0.4, 0.5) is 11.4 Å². The monoisotopic (exact) mass is 519 g/mol. The Morgan fingerprint density at radius 2 is 1.66 bits per heavy atom. The molecule has 2 aromatic rings. The van der Waals surface area contributed by atoms with Gasteiger partial charge in [-0.05, 0) is 49.8 Å². The molecule has 0 bridgehead atoms. The molecule has 5 rings (SSSR count). The Morgan fingerprint density at radius 3 is 2.32 bits per heavy atom. The molecule has 0 aliphatic carbocycles. The van der Waals surface area contributed by atoms with E-state index in [0.717, 1.165) is 31.6 Å². The molecule has 0 saturated carbocycles. The lowest BCUT2D eigenvalue weighted by molar-refractivity contribution is -0.384. The minimum atomic E-state index is -0.850. The number of piperidine rings is 2. The number of likely N-dealkylation sites (tertiary alicyclic amines) is 2. The molecule has 3 heterocycles. The van der Waals surface area contributed by atoms with E-state index in [1.165, 1.54) is 18.2 Å². The van der Waals surface area contributed by atoms with Gasteiger partial charge in [0.15, 0.2) is 0 Å². The Labute approximate surface area is 221 Å².